The number of rotatable bonds is 3. The van der Waals surface area contributed by atoms with Gasteiger partial charge < -0.3 is 10.2 Å². The number of anilines is 3. The fourth-order valence-electron chi connectivity index (χ4n) is 2.97. The van der Waals surface area contributed by atoms with Gasteiger partial charge in [0.15, 0.2) is 0 Å². The largest absolute Gasteiger partial charge is 0.367 e. The average molecular weight is 280 g/mol. The van der Waals surface area contributed by atoms with Crippen molar-refractivity contribution in [3.8, 4) is 0 Å². The highest BCUT2D eigenvalue weighted by atomic mass is 15.2. The summed E-state index contributed by atoms with van der Waals surface area (Å²) in [5.74, 6) is 2.81. The first-order chi connectivity index (χ1) is 10.3. The Morgan fingerprint density at radius 3 is 2.90 bits per heavy atom. The zero-order chi connectivity index (χ0) is 14.2. The maximum atomic E-state index is 4.66. The normalized spacial score (nSPS) is 17.5. The average Bonchev–Trinajstić information content (AvgIpc) is 3.30. The van der Waals surface area contributed by atoms with Gasteiger partial charge in [0.1, 0.15) is 17.5 Å². The molecule has 1 fully saturated rings. The minimum absolute atomic E-state index is 0.612. The van der Waals surface area contributed by atoms with Crippen LogP contribution >= 0.6 is 0 Å². The van der Waals surface area contributed by atoms with Crippen molar-refractivity contribution in [3.63, 3.8) is 0 Å². The van der Waals surface area contributed by atoms with E-state index in [9.17, 15) is 0 Å². The van der Waals surface area contributed by atoms with E-state index in [4.69, 9.17) is 0 Å². The molecule has 4 heteroatoms. The third-order valence-electron chi connectivity index (χ3n) is 4.14. The molecule has 2 aliphatic rings. The fourth-order valence-corrected chi connectivity index (χ4v) is 2.97. The molecule has 0 atom stereocenters. The second-order valence-electron chi connectivity index (χ2n) is 5.96. The van der Waals surface area contributed by atoms with Crippen LogP contribution in [0.3, 0.4) is 0 Å². The fraction of sp³-hybridized carbons (Fsp3) is 0.412. The van der Waals surface area contributed by atoms with Crippen LogP contribution in [-0.4, -0.2) is 22.6 Å². The monoisotopic (exact) mass is 280 g/mol. The molecule has 1 saturated carbocycles. The molecule has 0 saturated heterocycles. The van der Waals surface area contributed by atoms with E-state index in [1.54, 1.807) is 0 Å². The molecule has 0 spiro atoms. The summed E-state index contributed by atoms with van der Waals surface area (Å²) in [6.07, 6.45) is 4.84. The van der Waals surface area contributed by atoms with Crippen molar-refractivity contribution in [2.75, 3.05) is 16.8 Å². The Kier molecular flexibility index (Phi) is 3.02. The lowest BCUT2D eigenvalue weighted by atomic mass is 10.0. The van der Waals surface area contributed by atoms with Crippen LogP contribution in [0.2, 0.25) is 0 Å². The highest BCUT2D eigenvalue weighted by molar-refractivity contribution is 5.67. The Bertz CT molecular complexity index is 664. The van der Waals surface area contributed by atoms with E-state index in [1.807, 2.05) is 6.92 Å². The maximum Gasteiger partial charge on any atom is 0.138 e. The molecule has 0 unspecified atom stereocenters. The van der Waals surface area contributed by atoms with Gasteiger partial charge in [0.2, 0.25) is 0 Å². The predicted molar refractivity (Wildman–Crippen MR) is 85.2 cm³/mol. The van der Waals surface area contributed by atoms with Crippen LogP contribution in [0.15, 0.2) is 30.3 Å². The summed E-state index contributed by atoms with van der Waals surface area (Å²) in [7, 11) is 0. The van der Waals surface area contributed by atoms with Crippen molar-refractivity contribution in [3.05, 3.63) is 41.7 Å². The van der Waals surface area contributed by atoms with Gasteiger partial charge in [0.05, 0.1) is 0 Å². The Morgan fingerprint density at radius 2 is 2.05 bits per heavy atom. The van der Waals surface area contributed by atoms with Crippen LogP contribution in [0.4, 0.5) is 17.3 Å². The van der Waals surface area contributed by atoms with Gasteiger partial charge >= 0.3 is 0 Å². The third kappa shape index (κ3) is 2.58. The summed E-state index contributed by atoms with van der Waals surface area (Å²) >= 11 is 0. The number of hydrogen-bond donors (Lipinski definition) is 1. The Balaban J connectivity index is 1.71. The van der Waals surface area contributed by atoms with Crippen LogP contribution in [0.1, 0.15) is 30.7 Å². The standard InChI is InChI=1S/C17H20N4/c1-12-18-16(20-14-8-9-14)11-17(19-12)21-10-4-6-13-5-2-3-7-15(13)21/h2-3,5,7,11,14H,4,6,8-10H2,1H3,(H,18,19,20). The molecule has 1 aliphatic carbocycles. The van der Waals surface area contributed by atoms with Crippen molar-refractivity contribution >= 4 is 17.3 Å². The van der Waals surface area contributed by atoms with Crippen molar-refractivity contribution in [2.45, 2.75) is 38.6 Å². The topological polar surface area (TPSA) is 41.1 Å². The van der Waals surface area contributed by atoms with Gasteiger partial charge in [-0.05, 0) is 44.2 Å². The van der Waals surface area contributed by atoms with Crippen molar-refractivity contribution in [2.24, 2.45) is 0 Å². The molecule has 1 aliphatic heterocycles. The molecule has 1 aromatic carbocycles. The van der Waals surface area contributed by atoms with Crippen molar-refractivity contribution in [1.29, 1.82) is 0 Å². The number of fused-ring (bicyclic) bond motifs is 1. The molecule has 0 amide bonds. The lowest BCUT2D eigenvalue weighted by molar-refractivity contribution is 0.756. The van der Waals surface area contributed by atoms with E-state index in [1.165, 1.54) is 30.5 Å². The van der Waals surface area contributed by atoms with E-state index in [0.717, 1.165) is 30.4 Å². The van der Waals surface area contributed by atoms with E-state index in [-0.39, 0.29) is 0 Å². The molecule has 4 rings (SSSR count). The van der Waals surface area contributed by atoms with Crippen LogP contribution in [0.25, 0.3) is 0 Å². The van der Waals surface area contributed by atoms with Gasteiger partial charge in [-0.2, -0.15) is 0 Å². The number of aryl methyl sites for hydroxylation is 2. The molecule has 1 aromatic heterocycles. The molecule has 4 nitrogen and oxygen atoms in total. The van der Waals surface area contributed by atoms with Gasteiger partial charge in [-0.3, -0.25) is 0 Å². The molecular weight excluding hydrogens is 260 g/mol. The van der Waals surface area contributed by atoms with Crippen LogP contribution < -0.4 is 10.2 Å². The van der Waals surface area contributed by atoms with E-state index < -0.39 is 0 Å². The highest BCUT2D eigenvalue weighted by Gasteiger charge is 2.23. The quantitative estimate of drug-likeness (QED) is 0.935. The summed E-state index contributed by atoms with van der Waals surface area (Å²) in [5.41, 5.74) is 2.70. The highest BCUT2D eigenvalue weighted by Crippen LogP contribution is 2.33. The molecule has 1 N–H and O–H groups in total. The van der Waals surface area contributed by atoms with E-state index in [2.05, 4.69) is 50.5 Å². The number of aromatic nitrogens is 2. The van der Waals surface area contributed by atoms with Gasteiger partial charge in [0.25, 0.3) is 0 Å². The number of nitrogens with one attached hydrogen (secondary N) is 1. The molecular formula is C17H20N4. The summed E-state index contributed by atoms with van der Waals surface area (Å²) < 4.78 is 0. The first-order valence-corrected chi connectivity index (χ1v) is 7.77. The number of para-hydroxylation sites is 1. The zero-order valence-electron chi connectivity index (χ0n) is 12.3. The zero-order valence-corrected chi connectivity index (χ0v) is 12.3. The summed E-state index contributed by atoms with van der Waals surface area (Å²) in [6.45, 7) is 2.99. The minimum Gasteiger partial charge on any atom is -0.367 e. The Hall–Kier alpha value is -2.10. The molecule has 21 heavy (non-hydrogen) atoms. The summed E-state index contributed by atoms with van der Waals surface area (Å²) in [6, 6.07) is 11.3. The molecule has 108 valence electrons. The molecule has 2 heterocycles. The number of hydrogen-bond acceptors (Lipinski definition) is 4. The van der Waals surface area contributed by atoms with Gasteiger partial charge in [-0.1, -0.05) is 18.2 Å². The third-order valence-corrected chi connectivity index (χ3v) is 4.14. The molecule has 2 aromatic rings. The first-order valence-electron chi connectivity index (χ1n) is 7.77. The van der Waals surface area contributed by atoms with Crippen LogP contribution in [0.5, 0.6) is 0 Å². The van der Waals surface area contributed by atoms with E-state index in [0.29, 0.717) is 6.04 Å². The van der Waals surface area contributed by atoms with E-state index >= 15 is 0 Å². The lowest BCUT2D eigenvalue weighted by Crippen LogP contribution is -2.25. The van der Waals surface area contributed by atoms with Gasteiger partial charge in [-0.25, -0.2) is 9.97 Å². The first kappa shape index (κ1) is 12.6. The summed E-state index contributed by atoms with van der Waals surface area (Å²) in [5, 5.41) is 3.48. The second kappa shape index (κ2) is 5.02. The van der Waals surface area contributed by atoms with Crippen molar-refractivity contribution < 1.29 is 0 Å². The van der Waals surface area contributed by atoms with Crippen LogP contribution in [0, 0.1) is 6.92 Å². The molecule has 0 bridgehead atoms. The summed E-state index contributed by atoms with van der Waals surface area (Å²) in [4.78, 5) is 11.5. The smallest absolute Gasteiger partial charge is 0.138 e. The van der Waals surface area contributed by atoms with Gasteiger partial charge in [0, 0.05) is 24.3 Å². The predicted octanol–water partition coefficient (Wildman–Crippen LogP) is 3.44. The van der Waals surface area contributed by atoms with Crippen molar-refractivity contribution in [1.82, 2.24) is 9.97 Å². The Morgan fingerprint density at radius 1 is 1.19 bits per heavy atom. The SMILES string of the molecule is Cc1nc(NC2CC2)cc(N2CCCc3ccccc32)n1. The lowest BCUT2D eigenvalue weighted by Gasteiger charge is -2.30. The minimum atomic E-state index is 0.612. The molecule has 0 radical (unpaired) electrons. The maximum absolute atomic E-state index is 4.66. The number of nitrogens with zero attached hydrogens (tertiary/aromatic N) is 3. The van der Waals surface area contributed by atoms with Gasteiger partial charge in [-0.15, -0.1) is 0 Å². The second-order valence-corrected chi connectivity index (χ2v) is 5.96. The Labute approximate surface area is 125 Å². The van der Waals surface area contributed by atoms with Crippen LogP contribution in [-0.2, 0) is 6.42 Å². The number of benzene rings is 1.